The zero-order valence-corrected chi connectivity index (χ0v) is 10.6. The maximum absolute atomic E-state index is 11.5. The Morgan fingerprint density at radius 2 is 2.00 bits per heavy atom. The molecule has 4 heteroatoms. The lowest BCUT2D eigenvalue weighted by atomic mass is 10.1. The Labute approximate surface area is 98.7 Å². The van der Waals surface area contributed by atoms with E-state index in [9.17, 15) is 4.79 Å². The molecule has 1 amide bonds. The van der Waals surface area contributed by atoms with Crippen LogP contribution in [0.3, 0.4) is 0 Å². The Balaban J connectivity index is 2.05. The van der Waals surface area contributed by atoms with Gasteiger partial charge in [0.2, 0.25) is 5.91 Å². The van der Waals surface area contributed by atoms with Gasteiger partial charge in [0.1, 0.15) is 0 Å². The van der Waals surface area contributed by atoms with Crippen LogP contribution in [0.25, 0.3) is 0 Å². The zero-order valence-electron chi connectivity index (χ0n) is 10.6. The third kappa shape index (κ3) is 5.47. The van der Waals surface area contributed by atoms with E-state index < -0.39 is 0 Å². The summed E-state index contributed by atoms with van der Waals surface area (Å²) >= 11 is 0. The molecule has 0 spiro atoms. The van der Waals surface area contributed by atoms with Gasteiger partial charge >= 0.3 is 0 Å². The molecule has 1 aliphatic heterocycles. The number of likely N-dealkylation sites (tertiary alicyclic amines) is 1. The van der Waals surface area contributed by atoms with Crippen LogP contribution >= 0.6 is 0 Å². The van der Waals surface area contributed by atoms with Gasteiger partial charge in [-0.3, -0.25) is 10.2 Å². The van der Waals surface area contributed by atoms with Crippen molar-refractivity contribution in [3.63, 3.8) is 0 Å². The van der Waals surface area contributed by atoms with Gasteiger partial charge in [0.25, 0.3) is 0 Å². The molecule has 0 aromatic rings. The van der Waals surface area contributed by atoms with Crippen molar-refractivity contribution in [1.29, 1.82) is 0 Å². The van der Waals surface area contributed by atoms with E-state index in [0.717, 1.165) is 26.1 Å². The van der Waals surface area contributed by atoms with Gasteiger partial charge in [-0.05, 0) is 39.3 Å². The van der Waals surface area contributed by atoms with Crippen LogP contribution in [0.2, 0.25) is 0 Å². The molecule has 1 saturated heterocycles. The number of nitrogens with one attached hydrogen (secondary N) is 2. The molecule has 0 unspecified atom stereocenters. The molecule has 1 atom stereocenters. The lowest BCUT2D eigenvalue weighted by molar-refractivity contribution is -0.122. The number of hydrogen-bond donors (Lipinski definition) is 2. The fourth-order valence-electron chi connectivity index (χ4n) is 1.81. The van der Waals surface area contributed by atoms with Crippen LogP contribution in [0.4, 0.5) is 0 Å². The second-order valence-corrected chi connectivity index (χ2v) is 4.65. The van der Waals surface area contributed by atoms with Gasteiger partial charge < -0.3 is 4.90 Å². The standard InChI is InChI=1S/C12H25N3O/c1-3-11(2)13-14-12(16)7-10-15-8-5-4-6-9-15/h11,13H,3-10H2,1-2H3,(H,14,16)/t11-/m0/s1. The van der Waals surface area contributed by atoms with Crippen LogP contribution in [0, 0.1) is 0 Å². The molecule has 1 aliphatic rings. The van der Waals surface area contributed by atoms with Gasteiger partial charge in [0.05, 0.1) is 0 Å². The number of carbonyl (C=O) groups is 1. The molecule has 1 heterocycles. The Morgan fingerprint density at radius 1 is 1.31 bits per heavy atom. The molecule has 0 radical (unpaired) electrons. The minimum absolute atomic E-state index is 0.103. The van der Waals surface area contributed by atoms with Crippen LogP contribution < -0.4 is 10.9 Å². The Bertz CT molecular complexity index is 202. The van der Waals surface area contributed by atoms with Gasteiger partial charge in [0.15, 0.2) is 0 Å². The second kappa shape index (κ2) is 7.63. The highest BCUT2D eigenvalue weighted by Crippen LogP contribution is 2.08. The van der Waals surface area contributed by atoms with Crippen molar-refractivity contribution in [2.24, 2.45) is 0 Å². The minimum Gasteiger partial charge on any atom is -0.303 e. The predicted octanol–water partition coefficient (Wildman–Crippen LogP) is 1.28. The molecular formula is C12H25N3O. The van der Waals surface area contributed by atoms with Crippen LogP contribution in [0.15, 0.2) is 0 Å². The van der Waals surface area contributed by atoms with Crippen LogP contribution in [0.5, 0.6) is 0 Å². The van der Waals surface area contributed by atoms with E-state index in [1.165, 1.54) is 19.3 Å². The number of piperidine rings is 1. The third-order valence-corrected chi connectivity index (χ3v) is 3.17. The SMILES string of the molecule is CC[C@H](C)NNC(=O)CCN1CCCCC1. The Morgan fingerprint density at radius 3 is 2.62 bits per heavy atom. The summed E-state index contributed by atoms with van der Waals surface area (Å²) in [6, 6.07) is 0.346. The fraction of sp³-hybridized carbons (Fsp3) is 0.917. The smallest absolute Gasteiger partial charge is 0.235 e. The Hall–Kier alpha value is -0.610. The van der Waals surface area contributed by atoms with Gasteiger partial charge in [-0.1, -0.05) is 13.3 Å². The summed E-state index contributed by atoms with van der Waals surface area (Å²) in [6.45, 7) is 7.37. The molecule has 0 saturated carbocycles. The van der Waals surface area contributed by atoms with E-state index in [0.29, 0.717) is 12.5 Å². The maximum atomic E-state index is 11.5. The highest BCUT2D eigenvalue weighted by Gasteiger charge is 2.11. The van der Waals surface area contributed by atoms with E-state index in [4.69, 9.17) is 0 Å². The fourth-order valence-corrected chi connectivity index (χ4v) is 1.81. The van der Waals surface area contributed by atoms with Gasteiger partial charge in [-0.25, -0.2) is 5.43 Å². The monoisotopic (exact) mass is 227 g/mol. The molecule has 0 aromatic heterocycles. The molecule has 0 aromatic carbocycles. The van der Waals surface area contributed by atoms with E-state index in [-0.39, 0.29) is 5.91 Å². The summed E-state index contributed by atoms with van der Waals surface area (Å²) < 4.78 is 0. The van der Waals surface area contributed by atoms with Crippen LogP contribution in [-0.2, 0) is 4.79 Å². The first-order valence-corrected chi connectivity index (χ1v) is 6.49. The first-order chi connectivity index (χ1) is 7.72. The van der Waals surface area contributed by atoms with Crippen molar-refractivity contribution in [2.45, 2.75) is 52.0 Å². The predicted molar refractivity (Wildman–Crippen MR) is 65.9 cm³/mol. The molecule has 4 nitrogen and oxygen atoms in total. The number of carbonyl (C=O) groups excluding carboxylic acids is 1. The number of amides is 1. The third-order valence-electron chi connectivity index (χ3n) is 3.17. The van der Waals surface area contributed by atoms with E-state index in [1.807, 2.05) is 0 Å². The summed E-state index contributed by atoms with van der Waals surface area (Å²) in [6.07, 6.45) is 5.54. The largest absolute Gasteiger partial charge is 0.303 e. The van der Waals surface area contributed by atoms with E-state index in [1.54, 1.807) is 0 Å². The summed E-state index contributed by atoms with van der Waals surface area (Å²) in [5, 5.41) is 0. The summed E-state index contributed by atoms with van der Waals surface area (Å²) in [5.41, 5.74) is 5.76. The van der Waals surface area contributed by atoms with Gasteiger partial charge in [-0.2, -0.15) is 0 Å². The zero-order chi connectivity index (χ0) is 11.8. The van der Waals surface area contributed by atoms with Crippen LogP contribution in [-0.4, -0.2) is 36.5 Å². The quantitative estimate of drug-likeness (QED) is 0.672. The molecule has 16 heavy (non-hydrogen) atoms. The average Bonchev–Trinajstić information content (AvgIpc) is 2.34. The van der Waals surface area contributed by atoms with Crippen molar-refractivity contribution < 1.29 is 4.79 Å². The molecule has 1 rings (SSSR count). The van der Waals surface area contributed by atoms with Crippen LogP contribution in [0.1, 0.15) is 46.0 Å². The van der Waals surface area contributed by atoms with Crippen molar-refractivity contribution in [3.05, 3.63) is 0 Å². The number of rotatable bonds is 6. The Kier molecular flexibility index (Phi) is 6.42. The van der Waals surface area contributed by atoms with Crippen molar-refractivity contribution in [1.82, 2.24) is 15.8 Å². The number of hydrazine groups is 1. The normalized spacial score (nSPS) is 19.4. The van der Waals surface area contributed by atoms with Crippen molar-refractivity contribution in [2.75, 3.05) is 19.6 Å². The van der Waals surface area contributed by atoms with Crippen molar-refractivity contribution in [3.8, 4) is 0 Å². The highest BCUT2D eigenvalue weighted by molar-refractivity contribution is 5.75. The maximum Gasteiger partial charge on any atom is 0.235 e. The molecule has 0 aliphatic carbocycles. The molecule has 94 valence electrons. The van der Waals surface area contributed by atoms with E-state index >= 15 is 0 Å². The second-order valence-electron chi connectivity index (χ2n) is 4.65. The number of hydrogen-bond acceptors (Lipinski definition) is 3. The van der Waals surface area contributed by atoms with Gasteiger partial charge in [-0.15, -0.1) is 0 Å². The molecular weight excluding hydrogens is 202 g/mol. The molecule has 1 fully saturated rings. The van der Waals surface area contributed by atoms with Gasteiger partial charge in [0, 0.05) is 19.0 Å². The summed E-state index contributed by atoms with van der Waals surface area (Å²) in [5.74, 6) is 0.103. The summed E-state index contributed by atoms with van der Waals surface area (Å²) in [4.78, 5) is 13.9. The highest BCUT2D eigenvalue weighted by atomic mass is 16.2. The summed E-state index contributed by atoms with van der Waals surface area (Å²) in [7, 11) is 0. The first-order valence-electron chi connectivity index (χ1n) is 6.49. The first kappa shape index (κ1) is 13.5. The average molecular weight is 227 g/mol. The van der Waals surface area contributed by atoms with E-state index in [2.05, 4.69) is 29.6 Å². The lowest BCUT2D eigenvalue weighted by Gasteiger charge is -2.26. The minimum atomic E-state index is 0.103. The number of nitrogens with zero attached hydrogens (tertiary/aromatic N) is 1. The van der Waals surface area contributed by atoms with Crippen molar-refractivity contribution >= 4 is 5.91 Å². The molecule has 2 N–H and O–H groups in total. The topological polar surface area (TPSA) is 44.4 Å². The molecule has 0 bridgehead atoms. The lowest BCUT2D eigenvalue weighted by Crippen LogP contribution is -2.44.